The van der Waals surface area contributed by atoms with Crippen molar-refractivity contribution in [3.8, 4) is 0 Å². The van der Waals surface area contributed by atoms with E-state index in [-0.39, 0.29) is 0 Å². The normalized spacial score (nSPS) is 17.3. The molecule has 2 nitrogen and oxygen atoms in total. The lowest BCUT2D eigenvalue weighted by Crippen LogP contribution is -2.10. The van der Waals surface area contributed by atoms with Crippen LogP contribution in [0.25, 0.3) is 0 Å². The van der Waals surface area contributed by atoms with Gasteiger partial charge in [0.1, 0.15) is 0 Å². The molecular formula is C7H9N2. The zero-order chi connectivity index (χ0) is 6.10. The van der Waals surface area contributed by atoms with Gasteiger partial charge in [0.25, 0.3) is 0 Å². The Balaban J connectivity index is 2.39. The smallest absolute Gasteiger partial charge is 0.0572 e. The molecule has 0 N–H and O–H groups in total. The molecule has 1 aliphatic heterocycles. The minimum atomic E-state index is 1.10. The Labute approximate surface area is 54.5 Å². The Morgan fingerprint density at radius 1 is 1.56 bits per heavy atom. The maximum absolute atomic E-state index is 4.12. The van der Waals surface area contributed by atoms with Crippen LogP contribution in [0.1, 0.15) is 18.5 Å². The van der Waals surface area contributed by atoms with Crippen molar-refractivity contribution in [1.82, 2.24) is 9.78 Å². The lowest BCUT2D eigenvalue weighted by Gasteiger charge is -2.11. The first-order chi connectivity index (χ1) is 4.47. The van der Waals surface area contributed by atoms with Gasteiger partial charge in [-0.05, 0) is 19.3 Å². The predicted octanol–water partition coefficient (Wildman–Crippen LogP) is 1.02. The standard InChI is InChI=1S/C7H9N2/c1-2-6-9-7(3-1)4-5-8-9/h5H,1-3,6H2. The van der Waals surface area contributed by atoms with Gasteiger partial charge in [0.15, 0.2) is 0 Å². The molecule has 1 aromatic heterocycles. The first-order valence-electron chi connectivity index (χ1n) is 3.39. The van der Waals surface area contributed by atoms with E-state index in [1.807, 2.05) is 4.68 Å². The van der Waals surface area contributed by atoms with Crippen LogP contribution in [0.2, 0.25) is 0 Å². The predicted molar refractivity (Wildman–Crippen MR) is 34.0 cm³/mol. The van der Waals surface area contributed by atoms with E-state index in [0.29, 0.717) is 0 Å². The molecule has 0 amide bonds. The van der Waals surface area contributed by atoms with Gasteiger partial charge in [-0.25, -0.2) is 0 Å². The van der Waals surface area contributed by atoms with Crippen LogP contribution in [0, 0.1) is 6.07 Å². The first-order valence-corrected chi connectivity index (χ1v) is 3.39. The molecule has 0 saturated heterocycles. The van der Waals surface area contributed by atoms with Crippen molar-refractivity contribution >= 4 is 0 Å². The van der Waals surface area contributed by atoms with Gasteiger partial charge >= 0.3 is 0 Å². The molecule has 1 aliphatic rings. The Hall–Kier alpha value is -0.790. The summed E-state index contributed by atoms with van der Waals surface area (Å²) in [5, 5.41) is 4.12. The van der Waals surface area contributed by atoms with Crippen LogP contribution in [0.15, 0.2) is 6.20 Å². The third-order valence-corrected chi connectivity index (χ3v) is 1.77. The maximum atomic E-state index is 4.12. The number of rotatable bonds is 0. The summed E-state index contributed by atoms with van der Waals surface area (Å²) in [4.78, 5) is 0. The summed E-state index contributed by atoms with van der Waals surface area (Å²) in [5.74, 6) is 0. The highest BCUT2D eigenvalue weighted by Crippen LogP contribution is 2.11. The number of nitrogens with zero attached hydrogens (tertiary/aromatic N) is 2. The van der Waals surface area contributed by atoms with Gasteiger partial charge in [-0.2, -0.15) is 5.10 Å². The molecular weight excluding hydrogens is 112 g/mol. The van der Waals surface area contributed by atoms with Crippen molar-refractivity contribution < 1.29 is 0 Å². The van der Waals surface area contributed by atoms with Crippen LogP contribution in [0.3, 0.4) is 0 Å². The minimum absolute atomic E-state index is 1.10. The Morgan fingerprint density at radius 3 is 3.44 bits per heavy atom. The van der Waals surface area contributed by atoms with E-state index < -0.39 is 0 Å². The SMILES string of the molecule is [c]1cnn2c1CCCC2. The molecule has 0 aromatic carbocycles. The quantitative estimate of drug-likeness (QED) is 0.501. The van der Waals surface area contributed by atoms with Gasteiger partial charge in [0.05, 0.1) is 6.20 Å². The van der Waals surface area contributed by atoms with Crippen LogP contribution in [-0.4, -0.2) is 9.78 Å². The molecule has 0 saturated carbocycles. The van der Waals surface area contributed by atoms with Crippen LogP contribution in [0.4, 0.5) is 0 Å². The van der Waals surface area contributed by atoms with Crippen molar-refractivity contribution in [2.24, 2.45) is 0 Å². The molecule has 0 aliphatic carbocycles. The van der Waals surface area contributed by atoms with Crippen molar-refractivity contribution in [3.05, 3.63) is 18.0 Å². The number of aryl methyl sites for hydroxylation is 2. The van der Waals surface area contributed by atoms with Crippen LogP contribution < -0.4 is 0 Å². The Bertz CT molecular complexity index is 182. The fourth-order valence-electron chi connectivity index (χ4n) is 1.27. The van der Waals surface area contributed by atoms with Crippen molar-refractivity contribution in [1.29, 1.82) is 0 Å². The second-order valence-corrected chi connectivity index (χ2v) is 2.42. The molecule has 0 spiro atoms. The summed E-state index contributed by atoms with van der Waals surface area (Å²) in [7, 11) is 0. The third kappa shape index (κ3) is 0.745. The summed E-state index contributed by atoms with van der Waals surface area (Å²) < 4.78 is 2.05. The van der Waals surface area contributed by atoms with Crippen molar-refractivity contribution in [2.75, 3.05) is 0 Å². The van der Waals surface area contributed by atoms with E-state index >= 15 is 0 Å². The van der Waals surface area contributed by atoms with E-state index in [9.17, 15) is 0 Å². The van der Waals surface area contributed by atoms with E-state index in [1.165, 1.54) is 25.0 Å². The maximum Gasteiger partial charge on any atom is 0.0572 e. The zero-order valence-electron chi connectivity index (χ0n) is 5.30. The van der Waals surface area contributed by atoms with Gasteiger partial charge < -0.3 is 0 Å². The van der Waals surface area contributed by atoms with E-state index in [2.05, 4.69) is 11.2 Å². The summed E-state index contributed by atoms with van der Waals surface area (Å²) in [5.41, 5.74) is 1.28. The monoisotopic (exact) mass is 121 g/mol. The number of aromatic nitrogens is 2. The summed E-state index contributed by atoms with van der Waals surface area (Å²) >= 11 is 0. The largest absolute Gasteiger partial charge is 0.269 e. The molecule has 2 heteroatoms. The summed E-state index contributed by atoms with van der Waals surface area (Å²) in [6.45, 7) is 1.10. The highest BCUT2D eigenvalue weighted by molar-refractivity contribution is 4.99. The number of hydrogen-bond acceptors (Lipinski definition) is 1. The van der Waals surface area contributed by atoms with Crippen LogP contribution in [-0.2, 0) is 13.0 Å². The fraction of sp³-hybridized carbons (Fsp3) is 0.571. The van der Waals surface area contributed by atoms with Crippen molar-refractivity contribution in [2.45, 2.75) is 25.8 Å². The molecule has 1 radical (unpaired) electrons. The zero-order valence-corrected chi connectivity index (χ0v) is 5.30. The van der Waals surface area contributed by atoms with Gasteiger partial charge in [-0.15, -0.1) is 0 Å². The molecule has 0 fully saturated rings. The van der Waals surface area contributed by atoms with Gasteiger partial charge in [-0.1, -0.05) is 0 Å². The third-order valence-electron chi connectivity index (χ3n) is 1.77. The first kappa shape index (κ1) is 5.03. The lowest BCUT2D eigenvalue weighted by atomic mass is 10.1. The van der Waals surface area contributed by atoms with E-state index in [0.717, 1.165) is 6.54 Å². The molecule has 2 rings (SSSR count). The molecule has 0 bridgehead atoms. The van der Waals surface area contributed by atoms with E-state index in [1.54, 1.807) is 6.20 Å². The summed E-state index contributed by atoms with van der Waals surface area (Å²) in [6, 6.07) is 3.11. The van der Waals surface area contributed by atoms with Crippen molar-refractivity contribution in [3.63, 3.8) is 0 Å². The molecule has 1 aromatic rings. The average Bonchev–Trinajstić information content (AvgIpc) is 2.33. The second kappa shape index (κ2) is 1.87. The molecule has 0 atom stereocenters. The number of hydrogen-bond donors (Lipinski definition) is 0. The Kier molecular flexibility index (Phi) is 1.04. The fourth-order valence-corrected chi connectivity index (χ4v) is 1.27. The highest BCUT2D eigenvalue weighted by Gasteiger charge is 2.06. The topological polar surface area (TPSA) is 17.8 Å². The average molecular weight is 121 g/mol. The van der Waals surface area contributed by atoms with Crippen LogP contribution >= 0.6 is 0 Å². The van der Waals surface area contributed by atoms with Gasteiger partial charge in [0, 0.05) is 18.3 Å². The van der Waals surface area contributed by atoms with Gasteiger partial charge in [-0.3, -0.25) is 4.68 Å². The minimum Gasteiger partial charge on any atom is -0.269 e. The molecule has 9 heavy (non-hydrogen) atoms. The summed E-state index contributed by atoms with van der Waals surface area (Å²) in [6.07, 6.45) is 5.52. The highest BCUT2D eigenvalue weighted by atomic mass is 15.3. The van der Waals surface area contributed by atoms with E-state index in [4.69, 9.17) is 0 Å². The van der Waals surface area contributed by atoms with Crippen LogP contribution in [0.5, 0.6) is 0 Å². The molecule has 2 heterocycles. The Morgan fingerprint density at radius 2 is 2.56 bits per heavy atom. The molecule has 47 valence electrons. The molecule has 0 unspecified atom stereocenters. The second-order valence-electron chi connectivity index (χ2n) is 2.42. The number of fused-ring (bicyclic) bond motifs is 1. The van der Waals surface area contributed by atoms with Gasteiger partial charge in [0.2, 0.25) is 0 Å². The lowest BCUT2D eigenvalue weighted by molar-refractivity contribution is 0.486.